The highest BCUT2D eigenvalue weighted by atomic mass is 32.1. The number of thiophene rings is 1. The second-order valence-corrected chi connectivity index (χ2v) is 13.7. The van der Waals surface area contributed by atoms with Crippen LogP contribution in [-0.2, 0) is 0 Å². The van der Waals surface area contributed by atoms with Crippen molar-refractivity contribution in [1.82, 2.24) is 14.5 Å². The molecule has 0 saturated heterocycles. The van der Waals surface area contributed by atoms with Crippen LogP contribution in [0.2, 0.25) is 0 Å². The number of para-hydroxylation sites is 1. The fourth-order valence-electron chi connectivity index (χ4n) is 7.21. The van der Waals surface area contributed by atoms with Crippen LogP contribution in [0.1, 0.15) is 0 Å². The first-order valence-electron chi connectivity index (χ1n) is 16.8. The molecule has 0 bridgehead atoms. The van der Waals surface area contributed by atoms with Crippen molar-refractivity contribution in [2.45, 2.75) is 0 Å². The third-order valence-electron chi connectivity index (χ3n) is 9.63. The molecule has 7 aromatic carbocycles. The molecular weight excluding hydrogens is 627 g/mol. The van der Waals surface area contributed by atoms with Gasteiger partial charge in [-0.15, -0.1) is 11.3 Å². The first-order chi connectivity index (χ1) is 24.8. The average Bonchev–Trinajstić information content (AvgIpc) is 3.74. The fraction of sp³-hybridized carbons (Fsp3) is 0. The summed E-state index contributed by atoms with van der Waals surface area (Å²) in [6, 6.07) is 62.4. The molecule has 0 amide bonds. The van der Waals surface area contributed by atoms with Crippen LogP contribution in [0.5, 0.6) is 0 Å². The Bertz CT molecular complexity index is 2780. The number of hydrogen-bond acceptors (Lipinski definition) is 3. The molecule has 0 spiro atoms. The highest BCUT2D eigenvalue weighted by Gasteiger charge is 2.18. The van der Waals surface area contributed by atoms with Crippen LogP contribution >= 0.6 is 11.3 Å². The Morgan fingerprint density at radius 1 is 0.400 bits per heavy atom. The largest absolute Gasteiger partial charge is 0.308 e. The van der Waals surface area contributed by atoms with E-state index in [0.717, 1.165) is 39.6 Å². The van der Waals surface area contributed by atoms with E-state index in [2.05, 4.69) is 156 Å². The van der Waals surface area contributed by atoms with Crippen molar-refractivity contribution in [3.8, 4) is 50.7 Å². The third-order valence-corrected chi connectivity index (χ3v) is 10.8. The first-order valence-corrected chi connectivity index (χ1v) is 17.6. The van der Waals surface area contributed by atoms with Crippen molar-refractivity contribution in [2.75, 3.05) is 0 Å². The summed E-state index contributed by atoms with van der Waals surface area (Å²) in [4.78, 5) is 10.1. The molecule has 0 aliphatic heterocycles. The second kappa shape index (κ2) is 11.7. The summed E-state index contributed by atoms with van der Waals surface area (Å²) in [5, 5.41) is 5.11. The van der Waals surface area contributed by atoms with Crippen LogP contribution < -0.4 is 0 Å². The minimum atomic E-state index is 0.719. The van der Waals surface area contributed by atoms with E-state index in [9.17, 15) is 0 Å². The Labute approximate surface area is 293 Å². The number of aromatic nitrogens is 3. The van der Waals surface area contributed by atoms with Gasteiger partial charge in [-0.3, -0.25) is 0 Å². The van der Waals surface area contributed by atoms with E-state index in [0.29, 0.717) is 0 Å². The second-order valence-electron chi connectivity index (χ2n) is 12.6. The Kier molecular flexibility index (Phi) is 6.68. The molecule has 50 heavy (non-hydrogen) atoms. The Morgan fingerprint density at radius 2 is 0.980 bits per heavy atom. The van der Waals surface area contributed by atoms with Crippen LogP contribution in [0.3, 0.4) is 0 Å². The minimum Gasteiger partial charge on any atom is -0.308 e. The van der Waals surface area contributed by atoms with Crippen molar-refractivity contribution in [3.05, 3.63) is 176 Å². The van der Waals surface area contributed by atoms with Crippen molar-refractivity contribution >= 4 is 53.3 Å². The lowest BCUT2D eigenvalue weighted by molar-refractivity contribution is 1.17. The Morgan fingerprint density at radius 3 is 1.70 bits per heavy atom. The van der Waals surface area contributed by atoms with Gasteiger partial charge in [-0.05, 0) is 47.5 Å². The maximum atomic E-state index is 5.07. The number of hydrogen-bond donors (Lipinski definition) is 0. The van der Waals surface area contributed by atoms with Gasteiger partial charge in [0.1, 0.15) is 0 Å². The lowest BCUT2D eigenvalue weighted by Gasteiger charge is -2.12. The van der Waals surface area contributed by atoms with Gasteiger partial charge in [0.25, 0.3) is 0 Å². The van der Waals surface area contributed by atoms with Crippen LogP contribution in [0.25, 0.3) is 92.7 Å². The number of nitrogens with zero attached hydrogens (tertiary/aromatic N) is 3. The van der Waals surface area contributed by atoms with Gasteiger partial charge >= 0.3 is 0 Å². The molecule has 0 saturated carbocycles. The van der Waals surface area contributed by atoms with E-state index in [-0.39, 0.29) is 0 Å². The minimum absolute atomic E-state index is 0.719. The van der Waals surface area contributed by atoms with Gasteiger partial charge in [-0.25, -0.2) is 9.97 Å². The standard InChI is InChI=1S/C46H29N3S/c1-4-12-30(13-5-1)34-22-27-43-39(28-34)38-26-25-37-36-18-10-11-19-42(36)49(44(37)45(38)50-43)35-23-20-32(21-24-35)41-29-40(31-14-6-2-7-15-31)47-46(48-41)33-16-8-3-9-17-33/h1-29H. The van der Waals surface area contributed by atoms with Crippen molar-refractivity contribution in [1.29, 1.82) is 0 Å². The predicted octanol–water partition coefficient (Wildman–Crippen LogP) is 12.6. The molecule has 0 unspecified atom stereocenters. The molecule has 0 aliphatic rings. The molecule has 0 atom stereocenters. The lowest BCUT2D eigenvalue weighted by atomic mass is 10.0. The summed E-state index contributed by atoms with van der Waals surface area (Å²) in [6.07, 6.45) is 0. The van der Waals surface area contributed by atoms with E-state index >= 15 is 0 Å². The van der Waals surface area contributed by atoms with Crippen molar-refractivity contribution in [3.63, 3.8) is 0 Å². The SMILES string of the molecule is c1ccc(-c2ccc3sc4c(ccc5c6ccccc6n(-c6ccc(-c7cc(-c8ccccc8)nc(-c8ccccc8)n7)cc6)c54)c3c2)cc1. The normalized spacial score (nSPS) is 11.6. The van der Waals surface area contributed by atoms with Crippen LogP contribution in [0.15, 0.2) is 176 Å². The van der Waals surface area contributed by atoms with Gasteiger partial charge in [0.15, 0.2) is 5.82 Å². The van der Waals surface area contributed by atoms with Crippen LogP contribution in [0, 0.1) is 0 Å². The van der Waals surface area contributed by atoms with Gasteiger partial charge in [-0.1, -0.05) is 140 Å². The van der Waals surface area contributed by atoms with E-state index < -0.39 is 0 Å². The van der Waals surface area contributed by atoms with Gasteiger partial charge < -0.3 is 4.57 Å². The van der Waals surface area contributed by atoms with E-state index in [1.54, 1.807) is 0 Å². The van der Waals surface area contributed by atoms with Gasteiger partial charge in [0, 0.05) is 48.6 Å². The molecule has 3 nitrogen and oxygen atoms in total. The van der Waals surface area contributed by atoms with E-state index in [1.165, 1.54) is 53.1 Å². The number of fused-ring (bicyclic) bond motifs is 7. The maximum Gasteiger partial charge on any atom is 0.160 e. The molecule has 0 radical (unpaired) electrons. The summed E-state index contributed by atoms with van der Waals surface area (Å²) in [7, 11) is 0. The summed E-state index contributed by atoms with van der Waals surface area (Å²) in [5.41, 5.74) is 11.0. The van der Waals surface area contributed by atoms with Crippen LogP contribution in [0.4, 0.5) is 0 Å². The maximum absolute atomic E-state index is 5.07. The van der Waals surface area contributed by atoms with Gasteiger partial charge in [0.2, 0.25) is 0 Å². The third kappa shape index (κ3) is 4.73. The molecule has 10 aromatic rings. The molecular formula is C46H29N3S. The molecule has 4 heteroatoms. The fourth-order valence-corrected chi connectivity index (χ4v) is 8.43. The number of benzene rings is 7. The summed E-state index contributed by atoms with van der Waals surface area (Å²) >= 11 is 1.88. The zero-order valence-electron chi connectivity index (χ0n) is 27.0. The zero-order valence-corrected chi connectivity index (χ0v) is 27.8. The summed E-state index contributed by atoms with van der Waals surface area (Å²) in [5.74, 6) is 0.719. The van der Waals surface area contributed by atoms with Gasteiger partial charge in [-0.2, -0.15) is 0 Å². The molecule has 10 rings (SSSR count). The van der Waals surface area contributed by atoms with Crippen LogP contribution in [-0.4, -0.2) is 14.5 Å². The molecule has 0 N–H and O–H groups in total. The quantitative estimate of drug-likeness (QED) is 0.185. The van der Waals surface area contributed by atoms with Crippen molar-refractivity contribution < 1.29 is 0 Å². The van der Waals surface area contributed by atoms with Gasteiger partial charge in [0.05, 0.1) is 27.1 Å². The average molecular weight is 656 g/mol. The van der Waals surface area contributed by atoms with E-state index in [1.807, 2.05) is 35.6 Å². The summed E-state index contributed by atoms with van der Waals surface area (Å²) < 4.78 is 5.04. The zero-order chi connectivity index (χ0) is 33.0. The predicted molar refractivity (Wildman–Crippen MR) is 211 cm³/mol. The monoisotopic (exact) mass is 655 g/mol. The Hall–Kier alpha value is -6.36. The van der Waals surface area contributed by atoms with Crippen molar-refractivity contribution in [2.24, 2.45) is 0 Å². The smallest absolute Gasteiger partial charge is 0.160 e. The van der Waals surface area contributed by atoms with E-state index in [4.69, 9.17) is 9.97 Å². The number of rotatable bonds is 5. The lowest BCUT2D eigenvalue weighted by Crippen LogP contribution is -1.97. The highest BCUT2D eigenvalue weighted by Crippen LogP contribution is 2.44. The molecule has 3 aromatic heterocycles. The molecule has 0 fully saturated rings. The topological polar surface area (TPSA) is 30.7 Å². The highest BCUT2D eigenvalue weighted by molar-refractivity contribution is 7.26. The first kappa shape index (κ1) is 28.6. The molecule has 0 aliphatic carbocycles. The summed E-state index contributed by atoms with van der Waals surface area (Å²) in [6.45, 7) is 0. The molecule has 3 heterocycles. The Balaban J connectivity index is 1.14. The molecule has 234 valence electrons.